The molecule has 2 rings (SSSR count). The maximum atomic E-state index is 5.88. The molecule has 0 radical (unpaired) electrons. The summed E-state index contributed by atoms with van der Waals surface area (Å²) in [5, 5.41) is 3.43. The summed E-state index contributed by atoms with van der Waals surface area (Å²) in [6.45, 7) is 1.56. The summed E-state index contributed by atoms with van der Waals surface area (Å²) in [6, 6.07) is 0. The van der Waals surface area contributed by atoms with Gasteiger partial charge < -0.3 is 10.5 Å². The molecule has 2 N–H and O–H groups in total. The van der Waals surface area contributed by atoms with Crippen molar-refractivity contribution in [2.45, 2.75) is 37.5 Å². The highest BCUT2D eigenvalue weighted by molar-refractivity contribution is 7.09. The van der Waals surface area contributed by atoms with Crippen LogP contribution in [-0.2, 0) is 16.6 Å². The average molecular weight is 240 g/mol. The zero-order chi connectivity index (χ0) is 11.4. The third-order valence-corrected chi connectivity index (χ3v) is 4.44. The van der Waals surface area contributed by atoms with E-state index in [1.807, 2.05) is 0 Å². The molecule has 0 aromatic carbocycles. The van der Waals surface area contributed by atoms with Gasteiger partial charge in [-0.05, 0) is 19.3 Å². The first kappa shape index (κ1) is 12.0. The van der Waals surface area contributed by atoms with Crippen molar-refractivity contribution in [2.24, 2.45) is 5.73 Å². The van der Waals surface area contributed by atoms with Crippen molar-refractivity contribution < 1.29 is 4.74 Å². The van der Waals surface area contributed by atoms with Crippen molar-refractivity contribution in [2.75, 3.05) is 20.3 Å². The zero-order valence-corrected chi connectivity index (χ0v) is 10.7. The van der Waals surface area contributed by atoms with Gasteiger partial charge in [0, 0.05) is 37.5 Å². The molecule has 0 atom stereocenters. The molecular formula is C12H20N2OS. The molecule has 1 aromatic rings. The van der Waals surface area contributed by atoms with E-state index in [4.69, 9.17) is 15.5 Å². The first-order chi connectivity index (χ1) is 7.80. The Morgan fingerprint density at radius 1 is 1.56 bits per heavy atom. The number of nitrogens with two attached hydrogens (primary N) is 1. The van der Waals surface area contributed by atoms with Crippen molar-refractivity contribution in [1.82, 2.24) is 4.98 Å². The summed E-state index contributed by atoms with van der Waals surface area (Å²) < 4.78 is 5.05. The van der Waals surface area contributed by atoms with E-state index in [-0.39, 0.29) is 5.41 Å². The van der Waals surface area contributed by atoms with Crippen LogP contribution in [0, 0.1) is 0 Å². The molecule has 0 saturated heterocycles. The van der Waals surface area contributed by atoms with E-state index in [2.05, 4.69) is 5.38 Å². The third-order valence-electron chi connectivity index (χ3n) is 3.54. The fourth-order valence-electron chi connectivity index (χ4n) is 2.21. The molecule has 4 heteroatoms. The minimum Gasteiger partial charge on any atom is -0.385 e. The standard InChI is InChI=1S/C12H20N2OS/c1-15-7-2-4-11-14-10(8-16-11)12(9-13)5-3-6-12/h8H,2-7,9,13H2,1H3. The normalized spacial score (nSPS) is 18.4. The molecule has 1 aliphatic rings. The fourth-order valence-corrected chi connectivity index (χ4v) is 3.17. The summed E-state index contributed by atoms with van der Waals surface area (Å²) in [5.41, 5.74) is 7.33. The van der Waals surface area contributed by atoms with Gasteiger partial charge in [0.2, 0.25) is 0 Å². The van der Waals surface area contributed by atoms with Crippen LogP contribution in [0.2, 0.25) is 0 Å². The van der Waals surface area contributed by atoms with Gasteiger partial charge >= 0.3 is 0 Å². The molecule has 90 valence electrons. The number of nitrogens with zero attached hydrogens (tertiary/aromatic N) is 1. The number of aromatic nitrogens is 1. The molecule has 0 unspecified atom stereocenters. The van der Waals surface area contributed by atoms with Gasteiger partial charge in [-0.25, -0.2) is 4.98 Å². The van der Waals surface area contributed by atoms with Crippen molar-refractivity contribution >= 4 is 11.3 Å². The molecule has 1 heterocycles. The molecule has 1 aromatic heterocycles. The van der Waals surface area contributed by atoms with Crippen LogP contribution < -0.4 is 5.73 Å². The van der Waals surface area contributed by atoms with Gasteiger partial charge in [-0.2, -0.15) is 0 Å². The molecular weight excluding hydrogens is 220 g/mol. The van der Waals surface area contributed by atoms with E-state index in [9.17, 15) is 0 Å². The van der Waals surface area contributed by atoms with Gasteiger partial charge in [0.15, 0.2) is 0 Å². The molecule has 0 aliphatic heterocycles. The molecule has 1 aliphatic carbocycles. The lowest BCUT2D eigenvalue weighted by molar-refractivity contribution is 0.195. The number of thiazole rings is 1. The molecule has 3 nitrogen and oxygen atoms in total. The van der Waals surface area contributed by atoms with Crippen molar-refractivity contribution in [3.8, 4) is 0 Å². The summed E-state index contributed by atoms with van der Waals surface area (Å²) in [4.78, 5) is 4.73. The summed E-state index contributed by atoms with van der Waals surface area (Å²) >= 11 is 1.77. The van der Waals surface area contributed by atoms with Gasteiger partial charge in [0.25, 0.3) is 0 Å². The quantitative estimate of drug-likeness (QED) is 0.775. The molecule has 0 bridgehead atoms. The minimum absolute atomic E-state index is 0.218. The predicted octanol–water partition coefficient (Wildman–Crippen LogP) is 2.10. The Morgan fingerprint density at radius 2 is 2.38 bits per heavy atom. The van der Waals surface area contributed by atoms with Gasteiger partial charge in [-0.1, -0.05) is 6.42 Å². The minimum atomic E-state index is 0.218. The van der Waals surface area contributed by atoms with E-state index in [1.165, 1.54) is 30.0 Å². The summed E-state index contributed by atoms with van der Waals surface area (Å²) in [7, 11) is 1.74. The predicted molar refractivity (Wildman–Crippen MR) is 66.9 cm³/mol. The van der Waals surface area contributed by atoms with Gasteiger partial charge in [0.05, 0.1) is 10.7 Å². The number of aryl methyl sites for hydroxylation is 1. The van der Waals surface area contributed by atoms with E-state index >= 15 is 0 Å². The number of ether oxygens (including phenoxy) is 1. The molecule has 0 spiro atoms. The van der Waals surface area contributed by atoms with Crippen LogP contribution in [0.25, 0.3) is 0 Å². The van der Waals surface area contributed by atoms with Crippen LogP contribution in [0.3, 0.4) is 0 Å². The Hall–Kier alpha value is -0.450. The Bertz CT molecular complexity index is 328. The second kappa shape index (κ2) is 5.25. The highest BCUT2D eigenvalue weighted by atomic mass is 32.1. The largest absolute Gasteiger partial charge is 0.385 e. The maximum absolute atomic E-state index is 5.88. The van der Waals surface area contributed by atoms with E-state index in [1.54, 1.807) is 18.4 Å². The lowest BCUT2D eigenvalue weighted by Gasteiger charge is -2.39. The summed E-state index contributed by atoms with van der Waals surface area (Å²) in [6.07, 6.45) is 5.81. The van der Waals surface area contributed by atoms with Crippen LogP contribution in [0.5, 0.6) is 0 Å². The number of methoxy groups -OCH3 is 1. The van der Waals surface area contributed by atoms with Gasteiger partial charge in [-0.3, -0.25) is 0 Å². The monoisotopic (exact) mass is 240 g/mol. The van der Waals surface area contributed by atoms with Crippen LogP contribution in [0.1, 0.15) is 36.4 Å². The second-order valence-corrected chi connectivity index (χ2v) is 5.50. The average Bonchev–Trinajstić information content (AvgIpc) is 2.67. The van der Waals surface area contributed by atoms with E-state index < -0.39 is 0 Å². The van der Waals surface area contributed by atoms with Crippen LogP contribution >= 0.6 is 11.3 Å². The van der Waals surface area contributed by atoms with Crippen molar-refractivity contribution in [1.29, 1.82) is 0 Å². The van der Waals surface area contributed by atoms with Crippen molar-refractivity contribution in [3.63, 3.8) is 0 Å². The van der Waals surface area contributed by atoms with Crippen LogP contribution in [-0.4, -0.2) is 25.2 Å². The lowest BCUT2D eigenvalue weighted by atomic mass is 9.67. The number of rotatable bonds is 6. The smallest absolute Gasteiger partial charge is 0.0929 e. The Morgan fingerprint density at radius 3 is 2.94 bits per heavy atom. The Balaban J connectivity index is 1.96. The first-order valence-corrected chi connectivity index (χ1v) is 6.82. The van der Waals surface area contributed by atoms with Gasteiger partial charge in [0.1, 0.15) is 0 Å². The maximum Gasteiger partial charge on any atom is 0.0929 e. The second-order valence-electron chi connectivity index (χ2n) is 4.56. The Kier molecular flexibility index (Phi) is 3.95. The molecule has 16 heavy (non-hydrogen) atoms. The highest BCUT2D eigenvalue weighted by Gasteiger charge is 2.39. The SMILES string of the molecule is COCCCc1nc(C2(CN)CCC2)cs1. The fraction of sp³-hybridized carbons (Fsp3) is 0.750. The summed E-state index contributed by atoms with van der Waals surface area (Å²) in [5.74, 6) is 0. The lowest BCUT2D eigenvalue weighted by Crippen LogP contribution is -2.41. The zero-order valence-electron chi connectivity index (χ0n) is 9.87. The Labute approximate surface area is 101 Å². The topological polar surface area (TPSA) is 48.1 Å². The number of hydrogen-bond acceptors (Lipinski definition) is 4. The molecule has 0 amide bonds. The van der Waals surface area contributed by atoms with Gasteiger partial charge in [-0.15, -0.1) is 11.3 Å². The van der Waals surface area contributed by atoms with E-state index in [0.717, 1.165) is 26.0 Å². The highest BCUT2D eigenvalue weighted by Crippen LogP contribution is 2.42. The third kappa shape index (κ3) is 2.29. The van der Waals surface area contributed by atoms with Crippen molar-refractivity contribution in [3.05, 3.63) is 16.1 Å². The van der Waals surface area contributed by atoms with Crippen LogP contribution in [0.4, 0.5) is 0 Å². The van der Waals surface area contributed by atoms with Crippen LogP contribution in [0.15, 0.2) is 5.38 Å². The van der Waals surface area contributed by atoms with E-state index in [0.29, 0.717) is 0 Å². The molecule has 1 saturated carbocycles. The molecule has 1 fully saturated rings. The number of hydrogen-bond donors (Lipinski definition) is 1. The first-order valence-electron chi connectivity index (χ1n) is 5.95.